The van der Waals surface area contributed by atoms with E-state index >= 15 is 0 Å². The van der Waals surface area contributed by atoms with Crippen molar-refractivity contribution in [1.29, 1.82) is 0 Å². The number of aromatic nitrogens is 2. The fourth-order valence-electron chi connectivity index (χ4n) is 1.50. The van der Waals surface area contributed by atoms with E-state index in [0.29, 0.717) is 11.9 Å². The Hall–Kier alpha value is -2.18. The fraction of sp³-hybridized carbons (Fsp3) is 0.500. The Labute approximate surface area is 111 Å². The second kappa shape index (κ2) is 5.64. The van der Waals surface area contributed by atoms with Crippen molar-refractivity contribution in [3.8, 4) is 0 Å². The summed E-state index contributed by atoms with van der Waals surface area (Å²) in [7, 11) is 1.53. The summed E-state index contributed by atoms with van der Waals surface area (Å²) >= 11 is 0. The van der Waals surface area contributed by atoms with Crippen molar-refractivity contribution < 1.29 is 9.59 Å². The van der Waals surface area contributed by atoms with Crippen LogP contribution in [0.25, 0.3) is 0 Å². The van der Waals surface area contributed by atoms with E-state index in [1.54, 1.807) is 19.1 Å². The van der Waals surface area contributed by atoms with E-state index in [0.717, 1.165) is 12.8 Å². The van der Waals surface area contributed by atoms with Crippen LogP contribution >= 0.6 is 0 Å². The summed E-state index contributed by atoms with van der Waals surface area (Å²) in [6.07, 6.45) is 2.11. The monoisotopic (exact) mass is 263 g/mol. The van der Waals surface area contributed by atoms with E-state index in [1.165, 1.54) is 7.05 Å². The lowest BCUT2D eigenvalue weighted by Crippen LogP contribution is -2.38. The molecule has 1 atom stereocenters. The van der Waals surface area contributed by atoms with Gasteiger partial charge in [0.2, 0.25) is 5.91 Å². The second-order valence-corrected chi connectivity index (χ2v) is 4.53. The van der Waals surface area contributed by atoms with E-state index in [9.17, 15) is 9.59 Å². The Morgan fingerprint density at radius 3 is 2.58 bits per heavy atom. The number of nitrogens with one attached hydrogen (secondary N) is 3. The molecular formula is C12H17N5O2. The third-order valence-corrected chi connectivity index (χ3v) is 2.81. The molecule has 0 spiro atoms. The van der Waals surface area contributed by atoms with Gasteiger partial charge in [-0.1, -0.05) is 0 Å². The number of hydrogen-bond donors (Lipinski definition) is 3. The minimum atomic E-state index is -0.388. The Morgan fingerprint density at radius 1 is 1.32 bits per heavy atom. The summed E-state index contributed by atoms with van der Waals surface area (Å²) in [4.78, 5) is 23.0. The first kappa shape index (κ1) is 13.3. The van der Waals surface area contributed by atoms with Crippen molar-refractivity contribution >= 4 is 17.6 Å². The lowest BCUT2D eigenvalue weighted by molar-refractivity contribution is -0.121. The normalized spacial score (nSPS) is 15.5. The average Bonchev–Trinajstić information content (AvgIpc) is 3.22. The number of carbonyl (C=O) groups excluding carboxylic acids is 2. The molecule has 1 heterocycles. The van der Waals surface area contributed by atoms with Gasteiger partial charge in [0.25, 0.3) is 5.91 Å². The Bertz CT molecular complexity index is 470. The van der Waals surface area contributed by atoms with Crippen LogP contribution in [0.2, 0.25) is 0 Å². The molecule has 2 rings (SSSR count). The fourth-order valence-corrected chi connectivity index (χ4v) is 1.50. The van der Waals surface area contributed by atoms with Crippen LogP contribution in [0, 0.1) is 0 Å². The number of rotatable bonds is 5. The van der Waals surface area contributed by atoms with Crippen molar-refractivity contribution in [2.75, 3.05) is 12.4 Å². The highest BCUT2D eigenvalue weighted by Crippen LogP contribution is 2.18. The molecule has 0 saturated heterocycles. The summed E-state index contributed by atoms with van der Waals surface area (Å²) in [5.74, 6) is 0.115. The van der Waals surface area contributed by atoms with E-state index in [1.807, 2.05) is 0 Å². The van der Waals surface area contributed by atoms with E-state index in [-0.39, 0.29) is 23.6 Å². The minimum Gasteiger partial charge on any atom is -0.357 e. The summed E-state index contributed by atoms with van der Waals surface area (Å²) in [5, 5.41) is 15.9. The van der Waals surface area contributed by atoms with Gasteiger partial charge in [0.1, 0.15) is 11.9 Å². The maximum Gasteiger partial charge on any atom is 0.271 e. The molecule has 1 fully saturated rings. The number of carbonyl (C=O) groups is 2. The van der Waals surface area contributed by atoms with Crippen molar-refractivity contribution in [3.05, 3.63) is 17.8 Å². The molecule has 3 N–H and O–H groups in total. The quantitative estimate of drug-likeness (QED) is 0.690. The van der Waals surface area contributed by atoms with Crippen LogP contribution in [0.3, 0.4) is 0 Å². The van der Waals surface area contributed by atoms with Gasteiger partial charge < -0.3 is 16.0 Å². The van der Waals surface area contributed by atoms with E-state index in [4.69, 9.17) is 0 Å². The third kappa shape index (κ3) is 3.64. The summed E-state index contributed by atoms with van der Waals surface area (Å²) in [6, 6.07) is 3.12. The molecule has 1 unspecified atom stereocenters. The van der Waals surface area contributed by atoms with Crippen molar-refractivity contribution in [2.24, 2.45) is 0 Å². The SMILES string of the molecule is CNC(=O)c1ccc(NC(C)C(=O)NC2CC2)nn1. The van der Waals surface area contributed by atoms with Crippen LogP contribution < -0.4 is 16.0 Å². The number of anilines is 1. The number of nitrogens with zero attached hydrogens (tertiary/aromatic N) is 2. The largest absolute Gasteiger partial charge is 0.357 e. The third-order valence-electron chi connectivity index (χ3n) is 2.81. The standard InChI is InChI=1S/C12H17N5O2/c1-7(11(18)15-8-3-4-8)14-10-6-5-9(16-17-10)12(19)13-2/h5-8H,3-4H2,1-2H3,(H,13,19)(H,14,17)(H,15,18). The van der Waals surface area contributed by atoms with Crippen molar-refractivity contribution in [3.63, 3.8) is 0 Å². The smallest absolute Gasteiger partial charge is 0.271 e. The molecule has 102 valence electrons. The van der Waals surface area contributed by atoms with Gasteiger partial charge >= 0.3 is 0 Å². The molecule has 19 heavy (non-hydrogen) atoms. The average molecular weight is 263 g/mol. The molecule has 1 saturated carbocycles. The maximum absolute atomic E-state index is 11.7. The highest BCUT2D eigenvalue weighted by Gasteiger charge is 2.25. The predicted octanol–water partition coefficient (Wildman–Crippen LogP) is -0.0848. The lowest BCUT2D eigenvalue weighted by Gasteiger charge is -2.13. The van der Waals surface area contributed by atoms with E-state index < -0.39 is 0 Å². The molecule has 2 amide bonds. The summed E-state index contributed by atoms with van der Waals surface area (Å²) in [5.41, 5.74) is 0.239. The van der Waals surface area contributed by atoms with Crippen LogP contribution in [0.15, 0.2) is 12.1 Å². The van der Waals surface area contributed by atoms with Crippen LogP contribution in [-0.4, -0.2) is 41.1 Å². The lowest BCUT2D eigenvalue weighted by atomic mass is 10.3. The van der Waals surface area contributed by atoms with E-state index in [2.05, 4.69) is 26.1 Å². The zero-order valence-corrected chi connectivity index (χ0v) is 10.9. The molecule has 7 nitrogen and oxygen atoms in total. The summed E-state index contributed by atoms with van der Waals surface area (Å²) < 4.78 is 0. The Kier molecular flexibility index (Phi) is 3.94. The molecule has 0 radical (unpaired) electrons. The van der Waals surface area contributed by atoms with Gasteiger partial charge in [-0.05, 0) is 31.9 Å². The van der Waals surface area contributed by atoms with Crippen LogP contribution in [-0.2, 0) is 4.79 Å². The van der Waals surface area contributed by atoms with Crippen molar-refractivity contribution in [1.82, 2.24) is 20.8 Å². The highest BCUT2D eigenvalue weighted by atomic mass is 16.2. The van der Waals surface area contributed by atoms with Gasteiger partial charge in [0.05, 0.1) is 0 Å². The number of amides is 2. The van der Waals surface area contributed by atoms with Crippen LogP contribution in [0.4, 0.5) is 5.82 Å². The zero-order chi connectivity index (χ0) is 13.8. The van der Waals surface area contributed by atoms with Gasteiger partial charge in [0.15, 0.2) is 5.69 Å². The molecule has 0 aromatic carbocycles. The van der Waals surface area contributed by atoms with Crippen LogP contribution in [0.5, 0.6) is 0 Å². The van der Waals surface area contributed by atoms with Crippen LogP contribution in [0.1, 0.15) is 30.3 Å². The topological polar surface area (TPSA) is 96.0 Å². The zero-order valence-electron chi connectivity index (χ0n) is 10.9. The minimum absolute atomic E-state index is 0.0559. The molecule has 0 bridgehead atoms. The van der Waals surface area contributed by atoms with Gasteiger partial charge in [-0.3, -0.25) is 9.59 Å². The molecular weight excluding hydrogens is 246 g/mol. The maximum atomic E-state index is 11.7. The highest BCUT2D eigenvalue weighted by molar-refractivity contribution is 5.92. The molecule has 1 aromatic heterocycles. The van der Waals surface area contributed by atoms with Gasteiger partial charge in [0, 0.05) is 13.1 Å². The Morgan fingerprint density at radius 2 is 2.05 bits per heavy atom. The molecule has 0 aliphatic heterocycles. The summed E-state index contributed by atoms with van der Waals surface area (Å²) in [6.45, 7) is 1.76. The van der Waals surface area contributed by atoms with Gasteiger partial charge in [-0.15, -0.1) is 10.2 Å². The predicted molar refractivity (Wildman–Crippen MR) is 69.7 cm³/mol. The first-order valence-electron chi connectivity index (χ1n) is 6.23. The molecule has 1 aliphatic rings. The van der Waals surface area contributed by atoms with Gasteiger partial charge in [-0.2, -0.15) is 0 Å². The van der Waals surface area contributed by atoms with Gasteiger partial charge in [-0.25, -0.2) is 0 Å². The first-order valence-corrected chi connectivity index (χ1v) is 6.23. The first-order chi connectivity index (χ1) is 9.10. The Balaban J connectivity index is 1.90. The molecule has 1 aromatic rings. The molecule has 7 heteroatoms. The second-order valence-electron chi connectivity index (χ2n) is 4.53. The number of hydrogen-bond acceptors (Lipinski definition) is 5. The molecule has 1 aliphatic carbocycles. The van der Waals surface area contributed by atoms with Crippen molar-refractivity contribution in [2.45, 2.75) is 31.8 Å².